The van der Waals surface area contributed by atoms with Crippen LogP contribution in [0, 0.1) is 0 Å². The van der Waals surface area contributed by atoms with Crippen molar-refractivity contribution in [3.8, 4) is 5.75 Å². The van der Waals surface area contributed by atoms with Gasteiger partial charge >= 0.3 is 0 Å². The molecule has 0 aliphatic carbocycles. The first-order valence-corrected chi connectivity index (χ1v) is 8.54. The van der Waals surface area contributed by atoms with Gasteiger partial charge in [0, 0.05) is 17.0 Å². The van der Waals surface area contributed by atoms with Gasteiger partial charge in [-0.3, -0.25) is 14.6 Å². The second-order valence-electron chi connectivity index (χ2n) is 6.96. The molecule has 0 radical (unpaired) electrons. The van der Waals surface area contributed by atoms with Crippen LogP contribution < -0.4 is 15.6 Å². The topological polar surface area (TPSA) is 55.7 Å². The second-order valence-corrected chi connectivity index (χ2v) is 6.96. The summed E-state index contributed by atoms with van der Waals surface area (Å²) >= 11 is 0. The predicted octanol–water partition coefficient (Wildman–Crippen LogP) is 3.63. The predicted molar refractivity (Wildman–Crippen MR) is 96.7 cm³/mol. The molecule has 0 aromatic heterocycles. The van der Waals surface area contributed by atoms with E-state index >= 15 is 0 Å². The molecule has 0 fully saturated rings. The first-order valence-electron chi connectivity index (χ1n) is 8.54. The molecule has 4 heteroatoms. The van der Waals surface area contributed by atoms with Gasteiger partial charge in [0.25, 0.3) is 5.43 Å². The molecule has 4 nitrogen and oxygen atoms in total. The number of benzene rings is 1. The zero-order valence-corrected chi connectivity index (χ0v) is 14.7. The molecule has 126 valence electrons. The van der Waals surface area contributed by atoms with Gasteiger partial charge in [-0.05, 0) is 18.1 Å². The van der Waals surface area contributed by atoms with Crippen LogP contribution in [0.3, 0.4) is 0 Å². The summed E-state index contributed by atoms with van der Waals surface area (Å²) in [6.07, 6.45) is 1.85. The Morgan fingerprint density at radius 2 is 1.88 bits per heavy atom. The molecule has 1 aliphatic heterocycles. The molecule has 0 bridgehead atoms. The summed E-state index contributed by atoms with van der Waals surface area (Å²) in [6, 6.07) is 8.01. The van der Waals surface area contributed by atoms with Crippen molar-refractivity contribution in [2.45, 2.75) is 51.9 Å². The van der Waals surface area contributed by atoms with Gasteiger partial charge in [0.15, 0.2) is 5.75 Å². The van der Waals surface area contributed by atoms with Gasteiger partial charge in [-0.1, -0.05) is 52.3 Å². The van der Waals surface area contributed by atoms with E-state index in [1.807, 2.05) is 25.1 Å². The Labute approximate surface area is 141 Å². The number of unbranched alkanes of at least 4 members (excludes halogenated alkanes) is 1. The monoisotopic (exact) mass is 325 g/mol. The van der Waals surface area contributed by atoms with Crippen molar-refractivity contribution in [3.63, 3.8) is 0 Å². The Morgan fingerprint density at radius 1 is 1.17 bits per heavy atom. The molecule has 0 saturated heterocycles. The largest absolute Gasteiger partial charge is 0.489 e. The van der Waals surface area contributed by atoms with Gasteiger partial charge in [-0.15, -0.1) is 0 Å². The Bertz CT molecular complexity index is 869. The molecule has 3 rings (SSSR count). The standard InChI is InChI=1S/C20H23NO3/c1-5-6-11-24-18-15(16(22)17(18)23)12(2)19-20(3,4)13-9-7-8-10-14(13)21-19/h7-10,12H,5-6,11H2,1-4H3. The fourth-order valence-electron chi connectivity index (χ4n) is 3.53. The van der Waals surface area contributed by atoms with E-state index in [1.165, 1.54) is 0 Å². The number of hydrogen-bond acceptors (Lipinski definition) is 4. The van der Waals surface area contributed by atoms with Crippen LogP contribution in [0.1, 0.15) is 57.6 Å². The lowest BCUT2D eigenvalue weighted by Gasteiger charge is -2.27. The number of aliphatic imine (C=N–C) groups is 1. The third-order valence-corrected chi connectivity index (χ3v) is 4.95. The molecule has 1 aliphatic rings. The highest BCUT2D eigenvalue weighted by Gasteiger charge is 2.41. The van der Waals surface area contributed by atoms with E-state index in [2.05, 4.69) is 26.8 Å². The van der Waals surface area contributed by atoms with E-state index in [0.717, 1.165) is 29.8 Å². The summed E-state index contributed by atoms with van der Waals surface area (Å²) in [5.41, 5.74) is 2.30. The molecule has 0 N–H and O–H groups in total. The van der Waals surface area contributed by atoms with Crippen molar-refractivity contribution in [2.24, 2.45) is 4.99 Å². The number of hydrogen-bond donors (Lipinski definition) is 0. The van der Waals surface area contributed by atoms with Crippen LogP contribution in [0.25, 0.3) is 0 Å². The quantitative estimate of drug-likeness (QED) is 0.602. The molecule has 0 saturated carbocycles. The Balaban J connectivity index is 1.94. The van der Waals surface area contributed by atoms with Crippen LogP contribution in [-0.4, -0.2) is 12.3 Å². The Hall–Kier alpha value is -2.23. The first kappa shape index (κ1) is 16.6. The molecular formula is C20H23NO3. The van der Waals surface area contributed by atoms with E-state index < -0.39 is 10.9 Å². The van der Waals surface area contributed by atoms with Gasteiger partial charge < -0.3 is 4.74 Å². The minimum Gasteiger partial charge on any atom is -0.489 e. The first-order chi connectivity index (χ1) is 11.4. The van der Waals surface area contributed by atoms with Crippen LogP contribution >= 0.6 is 0 Å². The van der Waals surface area contributed by atoms with Crippen molar-refractivity contribution < 1.29 is 4.74 Å². The third-order valence-electron chi connectivity index (χ3n) is 4.95. The van der Waals surface area contributed by atoms with E-state index in [9.17, 15) is 9.59 Å². The van der Waals surface area contributed by atoms with Crippen LogP contribution in [0.15, 0.2) is 38.8 Å². The van der Waals surface area contributed by atoms with Crippen LogP contribution in [-0.2, 0) is 5.41 Å². The molecule has 1 atom stereocenters. The Morgan fingerprint density at radius 3 is 2.54 bits per heavy atom. The van der Waals surface area contributed by atoms with Crippen molar-refractivity contribution in [1.82, 2.24) is 0 Å². The number of nitrogens with zero attached hydrogens (tertiary/aromatic N) is 1. The van der Waals surface area contributed by atoms with Crippen molar-refractivity contribution in [2.75, 3.05) is 6.61 Å². The van der Waals surface area contributed by atoms with Gasteiger partial charge in [-0.25, -0.2) is 0 Å². The van der Waals surface area contributed by atoms with E-state index in [1.54, 1.807) is 0 Å². The van der Waals surface area contributed by atoms with Crippen molar-refractivity contribution in [3.05, 3.63) is 55.8 Å². The fourth-order valence-corrected chi connectivity index (χ4v) is 3.53. The molecular weight excluding hydrogens is 302 g/mol. The second kappa shape index (κ2) is 6.00. The maximum atomic E-state index is 12.1. The molecule has 2 aromatic carbocycles. The lowest BCUT2D eigenvalue weighted by Crippen LogP contribution is -2.42. The minimum atomic E-state index is -0.498. The number of rotatable bonds is 6. The van der Waals surface area contributed by atoms with Crippen LogP contribution in [0.2, 0.25) is 0 Å². The summed E-state index contributed by atoms with van der Waals surface area (Å²) in [7, 11) is 0. The SMILES string of the molecule is CCCCOc1c(C(C)C2=Nc3ccccc3C2(C)C)c(=O)c1=O. The highest BCUT2D eigenvalue weighted by Crippen LogP contribution is 2.44. The van der Waals surface area contributed by atoms with Gasteiger partial charge in [0.2, 0.25) is 5.43 Å². The Kier molecular flexibility index (Phi) is 4.16. The normalized spacial score (nSPS) is 16.8. The van der Waals surface area contributed by atoms with E-state index in [-0.39, 0.29) is 17.1 Å². The lowest BCUT2D eigenvalue weighted by atomic mass is 9.74. The number of ether oxygens (including phenoxy) is 1. The summed E-state index contributed by atoms with van der Waals surface area (Å²) in [5, 5.41) is 0. The summed E-state index contributed by atoms with van der Waals surface area (Å²) in [6.45, 7) is 8.68. The zero-order valence-electron chi connectivity index (χ0n) is 14.7. The van der Waals surface area contributed by atoms with Crippen molar-refractivity contribution >= 4 is 11.4 Å². The highest BCUT2D eigenvalue weighted by molar-refractivity contribution is 6.05. The molecule has 0 amide bonds. The summed E-state index contributed by atoms with van der Waals surface area (Å²) in [5.74, 6) is 0.0182. The highest BCUT2D eigenvalue weighted by atomic mass is 16.5. The fraction of sp³-hybridized carbons (Fsp3) is 0.450. The minimum absolute atomic E-state index is 0.228. The molecule has 2 aromatic rings. The van der Waals surface area contributed by atoms with Crippen LogP contribution in [0.4, 0.5) is 5.69 Å². The van der Waals surface area contributed by atoms with Crippen LogP contribution in [0.5, 0.6) is 5.75 Å². The van der Waals surface area contributed by atoms with E-state index in [0.29, 0.717) is 12.2 Å². The smallest absolute Gasteiger partial charge is 0.268 e. The molecule has 0 spiro atoms. The third kappa shape index (κ3) is 2.41. The molecule has 1 unspecified atom stereocenters. The van der Waals surface area contributed by atoms with Gasteiger partial charge in [-0.2, -0.15) is 0 Å². The zero-order chi connectivity index (χ0) is 17.5. The lowest BCUT2D eigenvalue weighted by molar-refractivity contribution is 0.298. The van der Waals surface area contributed by atoms with Gasteiger partial charge in [0.05, 0.1) is 17.9 Å². The maximum Gasteiger partial charge on any atom is 0.268 e. The average Bonchev–Trinajstić information content (AvgIpc) is 2.85. The summed E-state index contributed by atoms with van der Waals surface area (Å²) < 4.78 is 5.59. The van der Waals surface area contributed by atoms with Crippen molar-refractivity contribution in [1.29, 1.82) is 0 Å². The van der Waals surface area contributed by atoms with E-state index in [4.69, 9.17) is 9.73 Å². The van der Waals surface area contributed by atoms with Gasteiger partial charge in [0.1, 0.15) is 0 Å². The number of fused-ring (bicyclic) bond motifs is 1. The molecule has 24 heavy (non-hydrogen) atoms. The summed E-state index contributed by atoms with van der Waals surface area (Å²) in [4.78, 5) is 28.8. The average molecular weight is 325 g/mol. The maximum absolute atomic E-state index is 12.1. The number of para-hydroxylation sites is 1. The molecule has 1 heterocycles.